The Morgan fingerprint density at radius 3 is 2.64 bits per heavy atom. The van der Waals surface area contributed by atoms with Crippen LogP contribution in [0.2, 0.25) is 0 Å². The van der Waals surface area contributed by atoms with Crippen LogP contribution in [0, 0.1) is 5.92 Å². The summed E-state index contributed by atoms with van der Waals surface area (Å²) in [6, 6.07) is 8.33. The number of amides is 2. The van der Waals surface area contributed by atoms with Gasteiger partial charge in [-0.3, -0.25) is 9.59 Å². The maximum Gasteiger partial charge on any atom is 0.223 e. The lowest BCUT2D eigenvalue weighted by Crippen LogP contribution is -2.41. The molecule has 5 nitrogen and oxygen atoms in total. The van der Waals surface area contributed by atoms with Gasteiger partial charge in [-0.25, -0.2) is 0 Å². The molecule has 136 valence electrons. The molecule has 0 saturated carbocycles. The van der Waals surface area contributed by atoms with E-state index in [0.29, 0.717) is 31.8 Å². The van der Waals surface area contributed by atoms with Crippen molar-refractivity contribution in [1.82, 2.24) is 10.2 Å². The number of nitrogens with one attached hydrogen (secondary N) is 1. The SMILES string of the molecule is C[C@H]1CCc2ccccc2[C@H]1NC(=O)CCC(=O)N1CCC(O)CC1. The number of carbonyl (C=O) groups is 2. The van der Waals surface area contributed by atoms with E-state index < -0.39 is 0 Å². The molecule has 0 bridgehead atoms. The molecule has 1 fully saturated rings. The highest BCUT2D eigenvalue weighted by Crippen LogP contribution is 2.34. The molecule has 1 aromatic rings. The average Bonchev–Trinajstić information content (AvgIpc) is 2.63. The van der Waals surface area contributed by atoms with Crippen molar-refractivity contribution in [1.29, 1.82) is 0 Å². The van der Waals surface area contributed by atoms with Crippen LogP contribution >= 0.6 is 0 Å². The quantitative estimate of drug-likeness (QED) is 0.880. The summed E-state index contributed by atoms with van der Waals surface area (Å²) in [4.78, 5) is 26.4. The highest BCUT2D eigenvalue weighted by atomic mass is 16.3. The van der Waals surface area contributed by atoms with Crippen LogP contribution in [0.15, 0.2) is 24.3 Å². The number of likely N-dealkylation sites (tertiary alicyclic amines) is 1. The highest BCUT2D eigenvalue weighted by molar-refractivity contribution is 5.84. The fraction of sp³-hybridized carbons (Fsp3) is 0.600. The third-order valence-electron chi connectivity index (χ3n) is 5.53. The van der Waals surface area contributed by atoms with Crippen molar-refractivity contribution in [3.8, 4) is 0 Å². The van der Waals surface area contributed by atoms with Gasteiger partial charge in [-0.15, -0.1) is 0 Å². The van der Waals surface area contributed by atoms with Gasteiger partial charge in [0.25, 0.3) is 0 Å². The summed E-state index contributed by atoms with van der Waals surface area (Å²) in [5.74, 6) is 0.358. The van der Waals surface area contributed by atoms with E-state index in [9.17, 15) is 14.7 Å². The van der Waals surface area contributed by atoms with E-state index >= 15 is 0 Å². The molecule has 2 atom stereocenters. The Morgan fingerprint density at radius 1 is 1.16 bits per heavy atom. The van der Waals surface area contributed by atoms with Gasteiger partial charge >= 0.3 is 0 Å². The topological polar surface area (TPSA) is 69.6 Å². The Balaban J connectivity index is 1.52. The van der Waals surface area contributed by atoms with Gasteiger partial charge in [0.2, 0.25) is 11.8 Å². The van der Waals surface area contributed by atoms with E-state index in [4.69, 9.17) is 0 Å². The number of fused-ring (bicyclic) bond motifs is 1. The number of carbonyl (C=O) groups excluding carboxylic acids is 2. The molecular formula is C20H28N2O3. The minimum atomic E-state index is -0.291. The predicted octanol–water partition coefficient (Wildman–Crippen LogP) is 2.19. The monoisotopic (exact) mass is 344 g/mol. The van der Waals surface area contributed by atoms with Crippen LogP contribution in [0.3, 0.4) is 0 Å². The van der Waals surface area contributed by atoms with Gasteiger partial charge in [-0.2, -0.15) is 0 Å². The molecule has 1 aliphatic carbocycles. The van der Waals surface area contributed by atoms with Crippen LogP contribution in [0.4, 0.5) is 0 Å². The average molecular weight is 344 g/mol. The number of hydrogen-bond donors (Lipinski definition) is 2. The summed E-state index contributed by atoms with van der Waals surface area (Å²) in [7, 11) is 0. The van der Waals surface area contributed by atoms with Gasteiger partial charge in [-0.05, 0) is 42.7 Å². The summed E-state index contributed by atoms with van der Waals surface area (Å²) in [5.41, 5.74) is 2.53. The lowest BCUT2D eigenvalue weighted by Gasteiger charge is -2.32. The van der Waals surface area contributed by atoms with Crippen LogP contribution in [0.1, 0.15) is 56.2 Å². The van der Waals surface area contributed by atoms with Crippen molar-refractivity contribution in [2.75, 3.05) is 13.1 Å². The first kappa shape index (κ1) is 17.9. The fourth-order valence-electron chi connectivity index (χ4n) is 3.88. The van der Waals surface area contributed by atoms with E-state index in [0.717, 1.165) is 12.8 Å². The normalized spacial score (nSPS) is 23.8. The van der Waals surface area contributed by atoms with Gasteiger partial charge in [0.1, 0.15) is 0 Å². The molecule has 25 heavy (non-hydrogen) atoms. The number of nitrogens with zero attached hydrogens (tertiary/aromatic N) is 1. The highest BCUT2D eigenvalue weighted by Gasteiger charge is 2.28. The van der Waals surface area contributed by atoms with Gasteiger partial charge in [0, 0.05) is 25.9 Å². The molecule has 2 N–H and O–H groups in total. The first-order valence-electron chi connectivity index (χ1n) is 9.37. The Bertz CT molecular complexity index is 623. The minimum absolute atomic E-state index is 0.0131. The summed E-state index contributed by atoms with van der Waals surface area (Å²) >= 11 is 0. The predicted molar refractivity (Wildman–Crippen MR) is 95.9 cm³/mol. The summed E-state index contributed by atoms with van der Waals surface area (Å²) in [5, 5.41) is 12.7. The third kappa shape index (κ3) is 4.40. The molecule has 1 saturated heterocycles. The largest absolute Gasteiger partial charge is 0.393 e. The zero-order chi connectivity index (χ0) is 17.8. The van der Waals surface area contributed by atoms with Crippen LogP contribution in [0.5, 0.6) is 0 Å². The van der Waals surface area contributed by atoms with Crippen molar-refractivity contribution in [3.63, 3.8) is 0 Å². The lowest BCUT2D eigenvalue weighted by atomic mass is 9.80. The van der Waals surface area contributed by atoms with Crippen molar-refractivity contribution in [2.45, 2.75) is 57.6 Å². The zero-order valence-corrected chi connectivity index (χ0v) is 14.9. The van der Waals surface area contributed by atoms with Crippen LogP contribution in [0.25, 0.3) is 0 Å². The van der Waals surface area contributed by atoms with Gasteiger partial charge in [-0.1, -0.05) is 31.2 Å². The number of aliphatic hydroxyl groups excluding tert-OH is 1. The van der Waals surface area contributed by atoms with Crippen LogP contribution < -0.4 is 5.32 Å². The van der Waals surface area contributed by atoms with E-state index in [1.165, 1.54) is 11.1 Å². The number of rotatable bonds is 4. The molecule has 1 aromatic carbocycles. The van der Waals surface area contributed by atoms with Gasteiger partial charge in [0.15, 0.2) is 0 Å². The van der Waals surface area contributed by atoms with Crippen molar-refractivity contribution in [2.24, 2.45) is 5.92 Å². The molecule has 0 radical (unpaired) electrons. The molecule has 0 aromatic heterocycles. The molecule has 2 aliphatic rings. The first-order valence-corrected chi connectivity index (χ1v) is 9.37. The number of aryl methyl sites for hydroxylation is 1. The van der Waals surface area contributed by atoms with E-state index in [1.54, 1.807) is 4.90 Å². The Hall–Kier alpha value is -1.88. The Morgan fingerprint density at radius 2 is 1.88 bits per heavy atom. The molecule has 2 amide bonds. The first-order chi connectivity index (χ1) is 12.0. The second kappa shape index (κ2) is 8.00. The molecular weight excluding hydrogens is 316 g/mol. The number of hydrogen-bond acceptors (Lipinski definition) is 3. The number of aliphatic hydroxyl groups is 1. The van der Waals surface area contributed by atoms with Crippen molar-refractivity contribution < 1.29 is 14.7 Å². The van der Waals surface area contributed by atoms with Crippen molar-refractivity contribution in [3.05, 3.63) is 35.4 Å². The van der Waals surface area contributed by atoms with Crippen molar-refractivity contribution >= 4 is 11.8 Å². The zero-order valence-electron chi connectivity index (χ0n) is 14.9. The van der Waals surface area contributed by atoms with E-state index in [2.05, 4.69) is 24.4 Å². The number of piperidine rings is 1. The second-order valence-electron chi connectivity index (χ2n) is 7.37. The second-order valence-corrected chi connectivity index (χ2v) is 7.37. The number of benzene rings is 1. The molecule has 3 rings (SSSR count). The standard InChI is InChI=1S/C20H28N2O3/c1-14-6-7-15-4-2-3-5-17(15)20(14)21-18(24)8-9-19(25)22-12-10-16(23)11-13-22/h2-5,14,16,20,23H,6-13H2,1H3,(H,21,24)/t14-,20-/m0/s1. The molecule has 5 heteroatoms. The molecule has 0 unspecified atom stereocenters. The van der Waals surface area contributed by atoms with Crippen LogP contribution in [-0.4, -0.2) is 41.0 Å². The Kier molecular flexibility index (Phi) is 5.74. The third-order valence-corrected chi connectivity index (χ3v) is 5.53. The Labute approximate surface area is 149 Å². The maximum atomic E-state index is 12.4. The van der Waals surface area contributed by atoms with E-state index in [1.807, 2.05) is 12.1 Å². The lowest BCUT2D eigenvalue weighted by molar-refractivity contribution is -0.135. The maximum absolute atomic E-state index is 12.4. The summed E-state index contributed by atoms with van der Waals surface area (Å²) < 4.78 is 0. The smallest absolute Gasteiger partial charge is 0.223 e. The molecule has 1 aliphatic heterocycles. The van der Waals surface area contributed by atoms with Gasteiger partial charge in [0.05, 0.1) is 12.1 Å². The summed E-state index contributed by atoms with van der Waals surface area (Å²) in [6.45, 7) is 3.36. The summed E-state index contributed by atoms with van der Waals surface area (Å²) in [6.07, 6.45) is 3.57. The minimum Gasteiger partial charge on any atom is -0.393 e. The fourth-order valence-corrected chi connectivity index (χ4v) is 3.88. The van der Waals surface area contributed by atoms with E-state index in [-0.39, 0.29) is 36.8 Å². The molecule has 0 spiro atoms. The molecule has 1 heterocycles. The van der Waals surface area contributed by atoms with Gasteiger partial charge < -0.3 is 15.3 Å². The van der Waals surface area contributed by atoms with Crippen LogP contribution in [-0.2, 0) is 16.0 Å².